The van der Waals surface area contributed by atoms with E-state index in [0.29, 0.717) is 24.4 Å². The van der Waals surface area contributed by atoms with Gasteiger partial charge in [-0.15, -0.1) is 0 Å². The monoisotopic (exact) mass is 371 g/mol. The Morgan fingerprint density at radius 1 is 1.23 bits per heavy atom. The molecule has 0 saturated heterocycles. The van der Waals surface area contributed by atoms with Crippen molar-refractivity contribution in [3.63, 3.8) is 0 Å². The van der Waals surface area contributed by atoms with E-state index in [9.17, 15) is 9.90 Å². The van der Waals surface area contributed by atoms with Gasteiger partial charge in [0, 0.05) is 17.4 Å². The number of nitrogens with one attached hydrogen (secondary N) is 1. The number of aryl methyl sites for hydroxylation is 1. The molecule has 0 aliphatic rings. The smallest absolute Gasteiger partial charge is 0.220 e. The Kier molecular flexibility index (Phi) is 6.09. The maximum absolute atomic E-state index is 12.0. The topological polar surface area (TPSA) is 71.7 Å². The molecule has 3 aromatic rings. The molecule has 0 radical (unpaired) electrons. The second-order valence-electron chi connectivity index (χ2n) is 5.88. The number of ether oxygens (including phenoxy) is 1. The maximum atomic E-state index is 12.0. The van der Waals surface area contributed by atoms with E-state index in [4.69, 9.17) is 9.15 Å². The molecule has 1 aromatic carbocycles. The molecule has 2 aromatic heterocycles. The predicted molar refractivity (Wildman–Crippen MR) is 101 cm³/mol. The number of methoxy groups -OCH3 is 1. The van der Waals surface area contributed by atoms with Gasteiger partial charge in [0.25, 0.3) is 0 Å². The second-order valence-corrected chi connectivity index (χ2v) is 6.66. The van der Waals surface area contributed by atoms with Gasteiger partial charge in [0.2, 0.25) is 5.91 Å². The summed E-state index contributed by atoms with van der Waals surface area (Å²) in [4.78, 5) is 12.0. The van der Waals surface area contributed by atoms with Gasteiger partial charge in [-0.05, 0) is 47.7 Å². The quantitative estimate of drug-likeness (QED) is 0.632. The number of amides is 1. The van der Waals surface area contributed by atoms with Crippen molar-refractivity contribution in [3.05, 3.63) is 64.5 Å². The van der Waals surface area contributed by atoms with Gasteiger partial charge < -0.3 is 19.6 Å². The highest BCUT2D eigenvalue weighted by Gasteiger charge is 2.14. The Morgan fingerprint density at radius 2 is 2.04 bits per heavy atom. The first-order valence-corrected chi connectivity index (χ1v) is 9.30. The highest BCUT2D eigenvalue weighted by molar-refractivity contribution is 7.08. The van der Waals surface area contributed by atoms with Crippen molar-refractivity contribution >= 4 is 17.2 Å². The number of hydrogen-bond acceptors (Lipinski definition) is 5. The lowest BCUT2D eigenvalue weighted by Gasteiger charge is -2.10. The first-order valence-electron chi connectivity index (χ1n) is 8.35. The number of benzene rings is 1. The van der Waals surface area contributed by atoms with Crippen LogP contribution in [0.5, 0.6) is 5.75 Å². The molecule has 5 nitrogen and oxygen atoms in total. The molecule has 2 N–H and O–H groups in total. The number of hydrogen-bond donors (Lipinski definition) is 2. The molecule has 0 spiro atoms. The third kappa shape index (κ3) is 4.74. The molecule has 1 atom stereocenters. The van der Waals surface area contributed by atoms with Gasteiger partial charge in [-0.1, -0.05) is 12.1 Å². The average molecular weight is 371 g/mol. The molecule has 1 amide bonds. The van der Waals surface area contributed by atoms with Crippen LogP contribution in [0.3, 0.4) is 0 Å². The lowest BCUT2D eigenvalue weighted by Crippen LogP contribution is -2.28. The number of rotatable bonds is 8. The lowest BCUT2D eigenvalue weighted by atomic mass is 10.1. The van der Waals surface area contributed by atoms with Crippen LogP contribution in [0.2, 0.25) is 0 Å². The van der Waals surface area contributed by atoms with Crippen LogP contribution in [0.1, 0.15) is 23.8 Å². The molecular weight excluding hydrogens is 350 g/mol. The van der Waals surface area contributed by atoms with Gasteiger partial charge in [0.05, 0.1) is 13.7 Å². The summed E-state index contributed by atoms with van der Waals surface area (Å²) in [6, 6.07) is 13.2. The Bertz CT molecular complexity index is 824. The van der Waals surface area contributed by atoms with E-state index in [0.717, 1.165) is 16.9 Å². The summed E-state index contributed by atoms with van der Waals surface area (Å²) < 4.78 is 10.8. The first kappa shape index (κ1) is 18.2. The molecule has 0 fully saturated rings. The standard InChI is InChI=1S/C20H21NO4S/c1-24-16-5-2-14(3-6-16)4-9-20(23)21-12-17(22)19-8-7-18(25-19)15-10-11-26-13-15/h2-3,5-8,10-11,13,17,22H,4,9,12H2,1H3,(H,21,23)/t17-/m0/s1. The Labute approximate surface area is 156 Å². The van der Waals surface area contributed by atoms with E-state index < -0.39 is 6.10 Å². The number of aliphatic hydroxyl groups is 1. The second kappa shape index (κ2) is 8.69. The van der Waals surface area contributed by atoms with E-state index >= 15 is 0 Å². The van der Waals surface area contributed by atoms with Gasteiger partial charge >= 0.3 is 0 Å². The Balaban J connectivity index is 1.45. The predicted octanol–water partition coefficient (Wildman–Crippen LogP) is 3.80. The molecular formula is C20H21NO4S. The van der Waals surface area contributed by atoms with Crippen LogP contribution in [-0.4, -0.2) is 24.7 Å². The number of aliphatic hydroxyl groups excluding tert-OH is 1. The third-order valence-corrected chi connectivity index (χ3v) is 4.74. The summed E-state index contributed by atoms with van der Waals surface area (Å²) >= 11 is 1.59. The van der Waals surface area contributed by atoms with E-state index in [2.05, 4.69) is 5.32 Å². The molecule has 0 unspecified atom stereocenters. The normalized spacial score (nSPS) is 11.9. The number of thiophene rings is 1. The largest absolute Gasteiger partial charge is 0.497 e. The van der Waals surface area contributed by atoms with E-state index in [-0.39, 0.29) is 12.5 Å². The van der Waals surface area contributed by atoms with Crippen molar-refractivity contribution in [1.29, 1.82) is 0 Å². The van der Waals surface area contributed by atoms with Crippen molar-refractivity contribution in [2.75, 3.05) is 13.7 Å². The van der Waals surface area contributed by atoms with Crippen LogP contribution >= 0.6 is 11.3 Å². The Hall–Kier alpha value is -2.57. The highest BCUT2D eigenvalue weighted by Crippen LogP contribution is 2.26. The zero-order chi connectivity index (χ0) is 18.4. The van der Waals surface area contributed by atoms with E-state index in [1.54, 1.807) is 24.5 Å². The average Bonchev–Trinajstić information content (AvgIpc) is 3.36. The molecule has 0 bridgehead atoms. The molecule has 0 aliphatic heterocycles. The summed E-state index contributed by atoms with van der Waals surface area (Å²) in [5.41, 5.74) is 2.05. The van der Waals surface area contributed by atoms with Crippen molar-refractivity contribution in [2.24, 2.45) is 0 Å². The number of furan rings is 1. The lowest BCUT2D eigenvalue weighted by molar-refractivity contribution is -0.121. The van der Waals surface area contributed by atoms with Gasteiger partial charge in [-0.3, -0.25) is 4.79 Å². The molecule has 0 saturated carbocycles. The Morgan fingerprint density at radius 3 is 2.73 bits per heavy atom. The molecule has 6 heteroatoms. The van der Waals surface area contributed by atoms with Crippen LogP contribution < -0.4 is 10.1 Å². The van der Waals surface area contributed by atoms with Crippen LogP contribution in [-0.2, 0) is 11.2 Å². The van der Waals surface area contributed by atoms with Gasteiger partial charge in [-0.25, -0.2) is 0 Å². The molecule has 3 rings (SSSR count). The minimum atomic E-state index is -0.868. The van der Waals surface area contributed by atoms with E-state index in [1.807, 2.05) is 47.2 Å². The summed E-state index contributed by atoms with van der Waals surface area (Å²) in [5.74, 6) is 1.85. The fourth-order valence-electron chi connectivity index (χ4n) is 2.54. The van der Waals surface area contributed by atoms with Crippen molar-refractivity contribution in [3.8, 4) is 17.1 Å². The number of carbonyl (C=O) groups excluding carboxylic acids is 1. The van der Waals surface area contributed by atoms with Crippen molar-refractivity contribution in [1.82, 2.24) is 5.32 Å². The number of carbonyl (C=O) groups is 1. The summed E-state index contributed by atoms with van der Waals surface area (Å²) in [5, 5.41) is 16.9. The van der Waals surface area contributed by atoms with Crippen LogP contribution in [0.4, 0.5) is 0 Å². The van der Waals surface area contributed by atoms with Crippen molar-refractivity contribution < 1.29 is 19.1 Å². The molecule has 26 heavy (non-hydrogen) atoms. The highest BCUT2D eigenvalue weighted by atomic mass is 32.1. The first-order chi connectivity index (χ1) is 12.7. The SMILES string of the molecule is COc1ccc(CCC(=O)NC[C@H](O)c2ccc(-c3ccsc3)o2)cc1. The van der Waals surface area contributed by atoms with Crippen molar-refractivity contribution in [2.45, 2.75) is 18.9 Å². The van der Waals surface area contributed by atoms with Crippen LogP contribution in [0.15, 0.2) is 57.6 Å². The van der Waals surface area contributed by atoms with Gasteiger partial charge in [0.1, 0.15) is 23.4 Å². The van der Waals surface area contributed by atoms with Gasteiger partial charge in [-0.2, -0.15) is 11.3 Å². The van der Waals surface area contributed by atoms with Gasteiger partial charge in [0.15, 0.2) is 0 Å². The fraction of sp³-hybridized carbons (Fsp3) is 0.250. The minimum Gasteiger partial charge on any atom is -0.497 e. The molecule has 2 heterocycles. The zero-order valence-electron chi connectivity index (χ0n) is 14.5. The molecule has 136 valence electrons. The zero-order valence-corrected chi connectivity index (χ0v) is 15.3. The summed E-state index contributed by atoms with van der Waals surface area (Å²) in [6.45, 7) is 0.123. The third-order valence-electron chi connectivity index (χ3n) is 4.05. The van der Waals surface area contributed by atoms with E-state index in [1.165, 1.54) is 0 Å². The molecule has 0 aliphatic carbocycles. The maximum Gasteiger partial charge on any atom is 0.220 e. The fourth-order valence-corrected chi connectivity index (χ4v) is 3.19. The minimum absolute atomic E-state index is 0.107. The van der Waals surface area contributed by atoms with Crippen LogP contribution in [0.25, 0.3) is 11.3 Å². The summed E-state index contributed by atoms with van der Waals surface area (Å²) in [6.07, 6.45) is 0.124. The van der Waals surface area contributed by atoms with Crippen LogP contribution in [0, 0.1) is 0 Å². The summed E-state index contributed by atoms with van der Waals surface area (Å²) in [7, 11) is 1.62.